The summed E-state index contributed by atoms with van der Waals surface area (Å²) in [5, 5.41) is 24.2. The molecule has 96 valence electrons. The number of nitro groups is 1. The summed E-state index contributed by atoms with van der Waals surface area (Å²) in [6, 6.07) is 7.93. The average molecular weight is 277 g/mol. The van der Waals surface area contributed by atoms with Crippen molar-refractivity contribution in [3.63, 3.8) is 0 Å². The Kier molecular flexibility index (Phi) is 3.49. The van der Waals surface area contributed by atoms with E-state index < -0.39 is 4.92 Å². The summed E-state index contributed by atoms with van der Waals surface area (Å²) in [7, 11) is 0. The highest BCUT2D eigenvalue weighted by Gasteiger charge is 2.17. The van der Waals surface area contributed by atoms with Gasteiger partial charge < -0.3 is 0 Å². The Bertz CT molecular complexity index is 688. The molecule has 6 nitrogen and oxygen atoms in total. The predicted octanol–water partition coefficient (Wildman–Crippen LogP) is 2.87. The average Bonchev–Trinajstić information content (AvgIpc) is 2.75. The summed E-state index contributed by atoms with van der Waals surface area (Å²) in [4.78, 5) is 10.3. The van der Waals surface area contributed by atoms with Gasteiger partial charge in [-0.05, 0) is 12.5 Å². The number of nitriles is 1. The van der Waals surface area contributed by atoms with E-state index in [0.717, 1.165) is 0 Å². The van der Waals surface area contributed by atoms with Gasteiger partial charge in [-0.15, -0.1) is 0 Å². The minimum Gasteiger partial charge on any atom is -0.258 e. The number of halogens is 1. The van der Waals surface area contributed by atoms with Gasteiger partial charge in [0.05, 0.1) is 16.3 Å². The fourth-order valence-electron chi connectivity index (χ4n) is 1.71. The van der Waals surface area contributed by atoms with Crippen molar-refractivity contribution < 1.29 is 4.92 Å². The van der Waals surface area contributed by atoms with E-state index in [4.69, 9.17) is 16.9 Å². The van der Waals surface area contributed by atoms with Crippen LogP contribution < -0.4 is 0 Å². The summed E-state index contributed by atoms with van der Waals surface area (Å²) in [6.45, 7) is 1.86. The first-order chi connectivity index (χ1) is 9.08. The van der Waals surface area contributed by atoms with Crippen LogP contribution in [-0.2, 0) is 6.42 Å². The van der Waals surface area contributed by atoms with E-state index in [1.54, 1.807) is 12.1 Å². The Morgan fingerprint density at radius 2 is 2.32 bits per heavy atom. The maximum absolute atomic E-state index is 10.7. The summed E-state index contributed by atoms with van der Waals surface area (Å²) < 4.78 is 1.34. The molecule has 2 rings (SSSR count). The number of hydrogen-bond donors (Lipinski definition) is 0. The molecule has 2 aromatic rings. The lowest BCUT2D eigenvalue weighted by Crippen LogP contribution is -1.98. The molecule has 7 heteroatoms. The smallest absolute Gasteiger partial charge is 0.258 e. The van der Waals surface area contributed by atoms with Crippen LogP contribution in [0.1, 0.15) is 18.2 Å². The van der Waals surface area contributed by atoms with Gasteiger partial charge in [-0.3, -0.25) is 10.1 Å². The SMILES string of the molecule is CCc1nn(-c2cccc([N+](=O)[O-])c2)c(Cl)c1C#N. The number of hydrogen-bond acceptors (Lipinski definition) is 4. The molecule has 0 bridgehead atoms. The van der Waals surface area contributed by atoms with Crippen LogP contribution in [0.3, 0.4) is 0 Å². The first kappa shape index (κ1) is 13.1. The molecule has 0 aliphatic heterocycles. The van der Waals surface area contributed by atoms with Crippen molar-refractivity contribution in [1.82, 2.24) is 9.78 Å². The Morgan fingerprint density at radius 3 is 2.84 bits per heavy atom. The van der Waals surface area contributed by atoms with Crippen LogP contribution in [0.4, 0.5) is 5.69 Å². The van der Waals surface area contributed by atoms with Gasteiger partial charge in [-0.25, -0.2) is 4.68 Å². The van der Waals surface area contributed by atoms with Crippen molar-refractivity contribution in [3.05, 3.63) is 50.8 Å². The van der Waals surface area contributed by atoms with Gasteiger partial charge in [0.25, 0.3) is 5.69 Å². The van der Waals surface area contributed by atoms with E-state index >= 15 is 0 Å². The normalized spacial score (nSPS) is 10.2. The van der Waals surface area contributed by atoms with E-state index in [2.05, 4.69) is 5.10 Å². The maximum Gasteiger partial charge on any atom is 0.271 e. The minimum atomic E-state index is -0.493. The lowest BCUT2D eigenvalue weighted by atomic mass is 10.2. The molecule has 0 amide bonds. The summed E-state index contributed by atoms with van der Waals surface area (Å²) >= 11 is 6.08. The zero-order chi connectivity index (χ0) is 14.0. The van der Waals surface area contributed by atoms with Crippen LogP contribution in [0.25, 0.3) is 5.69 Å². The molecule has 0 unspecified atom stereocenters. The Morgan fingerprint density at radius 1 is 1.58 bits per heavy atom. The molecule has 0 N–H and O–H groups in total. The fourth-order valence-corrected chi connectivity index (χ4v) is 1.99. The number of aryl methyl sites for hydroxylation is 1. The monoisotopic (exact) mass is 276 g/mol. The molecule has 0 saturated heterocycles. The molecule has 0 atom stereocenters. The highest BCUT2D eigenvalue weighted by molar-refractivity contribution is 6.31. The molecular formula is C12H9ClN4O2. The molecule has 1 aromatic heterocycles. The molecule has 0 aliphatic rings. The fraction of sp³-hybridized carbons (Fsp3) is 0.167. The van der Waals surface area contributed by atoms with Crippen molar-refractivity contribution in [2.24, 2.45) is 0 Å². The zero-order valence-electron chi connectivity index (χ0n) is 10.00. The summed E-state index contributed by atoms with van der Waals surface area (Å²) in [5.74, 6) is 0. The largest absolute Gasteiger partial charge is 0.271 e. The van der Waals surface area contributed by atoms with Gasteiger partial charge in [0.1, 0.15) is 11.6 Å². The molecule has 1 heterocycles. The number of rotatable bonds is 3. The number of nitro benzene ring substituents is 1. The van der Waals surface area contributed by atoms with Gasteiger partial charge in [0.15, 0.2) is 5.15 Å². The lowest BCUT2D eigenvalue weighted by Gasteiger charge is -2.02. The van der Waals surface area contributed by atoms with Crippen molar-refractivity contribution in [1.29, 1.82) is 5.26 Å². The minimum absolute atomic E-state index is 0.0550. The Labute approximate surface area is 114 Å². The van der Waals surface area contributed by atoms with Gasteiger partial charge in [0, 0.05) is 12.1 Å². The Balaban J connectivity index is 2.60. The van der Waals surface area contributed by atoms with E-state index in [1.807, 2.05) is 13.0 Å². The van der Waals surface area contributed by atoms with Gasteiger partial charge in [-0.2, -0.15) is 10.4 Å². The second kappa shape index (κ2) is 5.08. The van der Waals surface area contributed by atoms with Crippen LogP contribution in [-0.4, -0.2) is 14.7 Å². The van der Waals surface area contributed by atoms with Gasteiger partial charge >= 0.3 is 0 Å². The number of benzene rings is 1. The first-order valence-corrected chi connectivity index (χ1v) is 5.88. The molecule has 0 aliphatic carbocycles. The van der Waals surface area contributed by atoms with Crippen LogP contribution in [0, 0.1) is 21.4 Å². The number of aromatic nitrogens is 2. The third kappa shape index (κ3) is 2.28. The quantitative estimate of drug-likeness (QED) is 0.637. The van der Waals surface area contributed by atoms with Crippen LogP contribution in [0.15, 0.2) is 24.3 Å². The Hall–Kier alpha value is -2.39. The lowest BCUT2D eigenvalue weighted by molar-refractivity contribution is -0.384. The second-order valence-corrected chi connectivity index (χ2v) is 4.12. The van der Waals surface area contributed by atoms with Crippen LogP contribution >= 0.6 is 11.6 Å². The number of non-ortho nitro benzene ring substituents is 1. The zero-order valence-corrected chi connectivity index (χ0v) is 10.8. The van der Waals surface area contributed by atoms with E-state index in [0.29, 0.717) is 23.4 Å². The van der Waals surface area contributed by atoms with E-state index in [-0.39, 0.29) is 10.8 Å². The van der Waals surface area contributed by atoms with Crippen molar-refractivity contribution in [2.75, 3.05) is 0 Å². The maximum atomic E-state index is 10.7. The van der Waals surface area contributed by atoms with Crippen molar-refractivity contribution in [3.8, 4) is 11.8 Å². The van der Waals surface area contributed by atoms with E-state index in [1.165, 1.54) is 16.8 Å². The van der Waals surface area contributed by atoms with Gasteiger partial charge in [0.2, 0.25) is 0 Å². The molecular weight excluding hydrogens is 268 g/mol. The highest BCUT2D eigenvalue weighted by Crippen LogP contribution is 2.25. The number of nitrogens with zero attached hydrogens (tertiary/aromatic N) is 4. The topological polar surface area (TPSA) is 84.8 Å². The van der Waals surface area contributed by atoms with E-state index in [9.17, 15) is 10.1 Å². The molecule has 0 radical (unpaired) electrons. The highest BCUT2D eigenvalue weighted by atomic mass is 35.5. The van der Waals surface area contributed by atoms with Crippen LogP contribution in [0.5, 0.6) is 0 Å². The summed E-state index contributed by atoms with van der Waals surface area (Å²) in [5.41, 5.74) is 1.27. The molecule has 0 saturated carbocycles. The third-order valence-electron chi connectivity index (χ3n) is 2.63. The molecule has 1 aromatic carbocycles. The second-order valence-electron chi connectivity index (χ2n) is 3.77. The van der Waals surface area contributed by atoms with Crippen LogP contribution in [0.2, 0.25) is 5.15 Å². The predicted molar refractivity (Wildman–Crippen MR) is 69.3 cm³/mol. The molecule has 0 spiro atoms. The standard InChI is InChI=1S/C12H9ClN4O2/c1-2-11-10(7-14)12(13)16(15-11)8-4-3-5-9(6-8)17(18)19/h3-6H,2H2,1H3. The molecule has 19 heavy (non-hydrogen) atoms. The molecule has 0 fully saturated rings. The third-order valence-corrected chi connectivity index (χ3v) is 2.98. The van der Waals surface area contributed by atoms with Crippen molar-refractivity contribution >= 4 is 17.3 Å². The summed E-state index contributed by atoms with van der Waals surface area (Å²) in [6.07, 6.45) is 0.560. The van der Waals surface area contributed by atoms with Gasteiger partial charge in [-0.1, -0.05) is 24.6 Å². The van der Waals surface area contributed by atoms with Crippen molar-refractivity contribution in [2.45, 2.75) is 13.3 Å². The first-order valence-electron chi connectivity index (χ1n) is 5.50.